The number of hydrogen-bond acceptors (Lipinski definition) is 3. The van der Waals surface area contributed by atoms with Crippen LogP contribution in [-0.4, -0.2) is 23.9 Å². The summed E-state index contributed by atoms with van der Waals surface area (Å²) in [6.45, 7) is 5.82. The Bertz CT molecular complexity index is 442. The maximum Gasteiger partial charge on any atom is 0.191 e. The third kappa shape index (κ3) is 2.39. The van der Waals surface area contributed by atoms with Gasteiger partial charge in [-0.15, -0.1) is 0 Å². The fourth-order valence-corrected chi connectivity index (χ4v) is 2.33. The van der Waals surface area contributed by atoms with E-state index in [2.05, 4.69) is 28.9 Å². The lowest BCUT2D eigenvalue weighted by molar-refractivity contribution is 0.347. The molecule has 1 unspecified atom stereocenters. The highest BCUT2D eigenvalue weighted by atomic mass is 35.5. The molecule has 1 aromatic rings. The SMILES string of the molecule is CCCN1C(N)=NCC1c1ccc(C)c(Cl)c1. The van der Waals surface area contributed by atoms with Gasteiger partial charge in [0.25, 0.3) is 0 Å². The van der Waals surface area contributed by atoms with E-state index in [0.29, 0.717) is 5.96 Å². The number of nitrogens with zero attached hydrogens (tertiary/aromatic N) is 2. The molecule has 2 N–H and O–H groups in total. The van der Waals surface area contributed by atoms with Gasteiger partial charge in [0.1, 0.15) is 0 Å². The summed E-state index contributed by atoms with van der Waals surface area (Å²) in [4.78, 5) is 6.48. The Morgan fingerprint density at radius 1 is 1.53 bits per heavy atom. The molecule has 0 aliphatic carbocycles. The average Bonchev–Trinajstić information content (AvgIpc) is 2.66. The normalized spacial score (nSPS) is 19.6. The van der Waals surface area contributed by atoms with Crippen LogP contribution in [0.3, 0.4) is 0 Å². The molecule has 0 saturated carbocycles. The van der Waals surface area contributed by atoms with Crippen LogP contribution < -0.4 is 5.73 Å². The van der Waals surface area contributed by atoms with Crippen molar-refractivity contribution in [2.75, 3.05) is 13.1 Å². The summed E-state index contributed by atoms with van der Waals surface area (Å²) in [5.41, 5.74) is 8.20. The number of nitrogens with two attached hydrogens (primary N) is 1. The van der Waals surface area contributed by atoms with Crippen LogP contribution in [0.2, 0.25) is 5.02 Å². The number of aryl methyl sites for hydroxylation is 1. The molecule has 92 valence electrons. The Morgan fingerprint density at radius 2 is 2.29 bits per heavy atom. The number of aliphatic imine (C=N–C) groups is 1. The second kappa shape index (κ2) is 4.96. The Balaban J connectivity index is 2.25. The van der Waals surface area contributed by atoms with Crippen molar-refractivity contribution in [1.82, 2.24) is 4.90 Å². The van der Waals surface area contributed by atoms with E-state index in [-0.39, 0.29) is 6.04 Å². The first-order valence-corrected chi connectivity index (χ1v) is 6.34. The Hall–Kier alpha value is -1.22. The third-order valence-corrected chi connectivity index (χ3v) is 3.55. The first kappa shape index (κ1) is 12.2. The minimum Gasteiger partial charge on any atom is -0.370 e. The zero-order valence-corrected chi connectivity index (χ0v) is 11.0. The molecule has 4 heteroatoms. The van der Waals surface area contributed by atoms with E-state index in [0.717, 1.165) is 30.1 Å². The average molecular weight is 252 g/mol. The lowest BCUT2D eigenvalue weighted by Gasteiger charge is -2.26. The fraction of sp³-hybridized carbons (Fsp3) is 0.462. The molecular weight excluding hydrogens is 234 g/mol. The van der Waals surface area contributed by atoms with E-state index in [9.17, 15) is 0 Å². The predicted octanol–water partition coefficient (Wildman–Crippen LogP) is 2.73. The predicted molar refractivity (Wildman–Crippen MR) is 72.4 cm³/mol. The summed E-state index contributed by atoms with van der Waals surface area (Å²) in [5, 5.41) is 0.810. The summed E-state index contributed by atoms with van der Waals surface area (Å²) in [6, 6.07) is 6.44. The smallest absolute Gasteiger partial charge is 0.191 e. The van der Waals surface area contributed by atoms with Crippen molar-refractivity contribution in [3.63, 3.8) is 0 Å². The van der Waals surface area contributed by atoms with E-state index in [1.54, 1.807) is 0 Å². The van der Waals surface area contributed by atoms with E-state index < -0.39 is 0 Å². The van der Waals surface area contributed by atoms with Gasteiger partial charge in [-0.25, -0.2) is 0 Å². The van der Waals surface area contributed by atoms with Crippen molar-refractivity contribution < 1.29 is 0 Å². The van der Waals surface area contributed by atoms with E-state index in [1.165, 1.54) is 5.56 Å². The summed E-state index contributed by atoms with van der Waals surface area (Å²) in [7, 11) is 0. The van der Waals surface area contributed by atoms with Gasteiger partial charge in [0, 0.05) is 11.6 Å². The fourth-order valence-electron chi connectivity index (χ4n) is 2.14. The Morgan fingerprint density at radius 3 is 2.94 bits per heavy atom. The Labute approximate surface area is 107 Å². The lowest BCUT2D eigenvalue weighted by Crippen LogP contribution is -2.36. The Kier molecular flexibility index (Phi) is 3.57. The molecule has 0 bridgehead atoms. The molecule has 0 amide bonds. The molecule has 1 heterocycles. The monoisotopic (exact) mass is 251 g/mol. The molecule has 3 nitrogen and oxygen atoms in total. The second-order valence-electron chi connectivity index (χ2n) is 4.42. The zero-order chi connectivity index (χ0) is 12.4. The van der Waals surface area contributed by atoms with Crippen molar-refractivity contribution in [1.29, 1.82) is 0 Å². The standard InChI is InChI=1S/C13H18ClN3/c1-3-6-17-12(8-16-13(17)15)10-5-4-9(2)11(14)7-10/h4-5,7,12H,3,6,8H2,1-2H3,(H2,15,16). The van der Waals surface area contributed by atoms with Crippen LogP contribution in [-0.2, 0) is 0 Å². The molecule has 1 aliphatic rings. The maximum atomic E-state index is 6.17. The summed E-state index contributed by atoms with van der Waals surface area (Å²) in [5.74, 6) is 0.647. The van der Waals surface area contributed by atoms with Gasteiger partial charge < -0.3 is 10.6 Å². The molecule has 0 radical (unpaired) electrons. The van der Waals surface area contributed by atoms with Crippen LogP contribution in [0.25, 0.3) is 0 Å². The molecule has 1 atom stereocenters. The lowest BCUT2D eigenvalue weighted by atomic mass is 10.0. The van der Waals surface area contributed by atoms with Gasteiger partial charge in [0.15, 0.2) is 5.96 Å². The maximum absolute atomic E-state index is 6.17. The topological polar surface area (TPSA) is 41.6 Å². The molecule has 2 rings (SSSR count). The van der Waals surface area contributed by atoms with Gasteiger partial charge in [0.05, 0.1) is 12.6 Å². The first-order chi connectivity index (χ1) is 8.13. The third-order valence-electron chi connectivity index (χ3n) is 3.14. The van der Waals surface area contributed by atoms with Crippen LogP contribution in [0.15, 0.2) is 23.2 Å². The molecule has 17 heavy (non-hydrogen) atoms. The quantitative estimate of drug-likeness (QED) is 0.898. The van der Waals surface area contributed by atoms with Crippen molar-refractivity contribution in [3.8, 4) is 0 Å². The number of rotatable bonds is 3. The molecule has 1 aromatic carbocycles. The van der Waals surface area contributed by atoms with Crippen LogP contribution in [0.5, 0.6) is 0 Å². The number of guanidine groups is 1. The highest BCUT2D eigenvalue weighted by molar-refractivity contribution is 6.31. The highest BCUT2D eigenvalue weighted by Crippen LogP contribution is 2.28. The summed E-state index contributed by atoms with van der Waals surface area (Å²) >= 11 is 6.17. The number of benzene rings is 1. The minimum atomic E-state index is 0.244. The van der Waals surface area contributed by atoms with Crippen LogP contribution in [0.4, 0.5) is 0 Å². The molecule has 1 aliphatic heterocycles. The van der Waals surface area contributed by atoms with Gasteiger partial charge in [-0.05, 0) is 30.5 Å². The van der Waals surface area contributed by atoms with Crippen LogP contribution in [0, 0.1) is 6.92 Å². The van der Waals surface area contributed by atoms with Crippen molar-refractivity contribution >= 4 is 17.6 Å². The van der Waals surface area contributed by atoms with Gasteiger partial charge in [-0.1, -0.05) is 30.7 Å². The zero-order valence-electron chi connectivity index (χ0n) is 10.3. The van der Waals surface area contributed by atoms with E-state index in [4.69, 9.17) is 17.3 Å². The van der Waals surface area contributed by atoms with Crippen molar-refractivity contribution in [3.05, 3.63) is 34.3 Å². The van der Waals surface area contributed by atoms with Gasteiger partial charge in [-0.3, -0.25) is 4.99 Å². The van der Waals surface area contributed by atoms with Gasteiger partial charge in [0.2, 0.25) is 0 Å². The molecular formula is C13H18ClN3. The van der Waals surface area contributed by atoms with Gasteiger partial charge >= 0.3 is 0 Å². The number of halogens is 1. The van der Waals surface area contributed by atoms with E-state index in [1.807, 2.05) is 13.0 Å². The molecule has 0 aromatic heterocycles. The van der Waals surface area contributed by atoms with Crippen LogP contribution >= 0.6 is 11.6 Å². The van der Waals surface area contributed by atoms with E-state index >= 15 is 0 Å². The molecule has 0 saturated heterocycles. The highest BCUT2D eigenvalue weighted by Gasteiger charge is 2.26. The number of hydrogen-bond donors (Lipinski definition) is 1. The largest absolute Gasteiger partial charge is 0.370 e. The minimum absolute atomic E-state index is 0.244. The first-order valence-electron chi connectivity index (χ1n) is 5.96. The summed E-state index contributed by atoms with van der Waals surface area (Å²) < 4.78 is 0. The second-order valence-corrected chi connectivity index (χ2v) is 4.82. The summed E-state index contributed by atoms with van der Waals surface area (Å²) in [6.07, 6.45) is 1.06. The van der Waals surface area contributed by atoms with Gasteiger partial charge in [-0.2, -0.15) is 0 Å². The van der Waals surface area contributed by atoms with Crippen LogP contribution in [0.1, 0.15) is 30.5 Å². The molecule has 0 fully saturated rings. The van der Waals surface area contributed by atoms with Crippen molar-refractivity contribution in [2.45, 2.75) is 26.3 Å². The van der Waals surface area contributed by atoms with Crippen molar-refractivity contribution in [2.24, 2.45) is 10.7 Å². The molecule has 0 spiro atoms.